The van der Waals surface area contributed by atoms with Crippen molar-refractivity contribution in [1.29, 1.82) is 0 Å². The molecule has 0 bridgehead atoms. The first-order valence-corrected chi connectivity index (χ1v) is 5.41. The maximum Gasteiger partial charge on any atom is 0.240 e. The van der Waals surface area contributed by atoms with Gasteiger partial charge in [-0.3, -0.25) is 0 Å². The molecule has 0 saturated heterocycles. The lowest BCUT2D eigenvalue weighted by atomic mass is 10.2. The van der Waals surface area contributed by atoms with Crippen LogP contribution in [0, 0.1) is 6.92 Å². The molecular weight excluding hydrogens is 296 g/mol. The number of aryl methyl sites for hydroxylation is 1. The van der Waals surface area contributed by atoms with Gasteiger partial charge in [-0.05, 0) is 34.5 Å². The number of alkyl halides is 2. The lowest BCUT2D eigenvalue weighted by Crippen LogP contribution is -2.12. The summed E-state index contributed by atoms with van der Waals surface area (Å²) in [6, 6.07) is 1.30. The van der Waals surface area contributed by atoms with Crippen molar-refractivity contribution in [1.82, 2.24) is 0 Å². The molecule has 0 amide bonds. The van der Waals surface area contributed by atoms with Gasteiger partial charge in [0.05, 0.1) is 3.79 Å². The number of hydrogen-bond donors (Lipinski definition) is 1. The minimum absolute atomic E-state index is 0. The highest BCUT2D eigenvalue weighted by atomic mass is 79.9. The average Bonchev–Trinajstić information content (AvgIpc) is 2.31. The van der Waals surface area contributed by atoms with Crippen molar-refractivity contribution in [2.75, 3.05) is 0 Å². The summed E-state index contributed by atoms with van der Waals surface area (Å²) in [5.41, 5.74) is 6.63. The predicted molar refractivity (Wildman–Crippen MR) is 61.6 cm³/mol. The summed E-state index contributed by atoms with van der Waals surface area (Å²) in [7, 11) is 0. The Morgan fingerprint density at radius 1 is 1.57 bits per heavy atom. The summed E-state index contributed by atoms with van der Waals surface area (Å²) in [6.45, 7) is 1.92. The van der Waals surface area contributed by atoms with Gasteiger partial charge in [0.2, 0.25) is 6.43 Å². The van der Waals surface area contributed by atoms with E-state index >= 15 is 0 Å². The summed E-state index contributed by atoms with van der Waals surface area (Å²) >= 11 is 4.75. The van der Waals surface area contributed by atoms with Crippen molar-refractivity contribution in [3.8, 4) is 0 Å². The Balaban J connectivity index is 0.00000169. The maximum atomic E-state index is 12.0. The molecule has 0 aliphatic carbocycles. The van der Waals surface area contributed by atoms with Gasteiger partial charge < -0.3 is 5.73 Å². The van der Waals surface area contributed by atoms with Crippen LogP contribution in [0.5, 0.6) is 0 Å². The first kappa shape index (κ1) is 14.3. The Labute approximate surface area is 100 Å². The van der Waals surface area contributed by atoms with Gasteiger partial charge >= 0.3 is 0 Å². The van der Waals surface area contributed by atoms with Gasteiger partial charge in [-0.25, -0.2) is 8.78 Å². The summed E-state index contributed by atoms with van der Waals surface area (Å²) in [5.74, 6) is 0. The number of nitrogens with two attached hydrogens (primary N) is 1. The highest BCUT2D eigenvalue weighted by molar-refractivity contribution is 9.11. The first-order chi connectivity index (χ1) is 6.00. The molecule has 6 heteroatoms. The normalized spacial score (nSPS) is 12.7. The summed E-state index contributed by atoms with van der Waals surface area (Å²) in [5, 5.41) is 0. The molecule has 0 aromatic carbocycles. The number of rotatable bonds is 3. The van der Waals surface area contributed by atoms with Crippen molar-refractivity contribution in [2.24, 2.45) is 5.73 Å². The van der Waals surface area contributed by atoms with Crippen LogP contribution < -0.4 is 5.73 Å². The average molecular weight is 307 g/mol. The largest absolute Gasteiger partial charge is 0.323 e. The van der Waals surface area contributed by atoms with Gasteiger partial charge in [-0.15, -0.1) is 23.7 Å². The Hall–Kier alpha value is 0.290. The van der Waals surface area contributed by atoms with E-state index in [-0.39, 0.29) is 18.8 Å². The highest BCUT2D eigenvalue weighted by Gasteiger charge is 2.15. The van der Waals surface area contributed by atoms with Gasteiger partial charge in [0, 0.05) is 17.3 Å². The molecule has 0 fully saturated rings. The van der Waals surface area contributed by atoms with E-state index in [0.29, 0.717) is 0 Å². The molecule has 1 heterocycles. The van der Waals surface area contributed by atoms with E-state index < -0.39 is 12.5 Å². The molecule has 0 aliphatic rings. The SMILES string of the molecule is Cc1cc([C@@H](N)CC(F)F)sc1Br.Cl. The molecule has 1 rings (SSSR count). The van der Waals surface area contributed by atoms with Gasteiger partial charge in [0.25, 0.3) is 0 Å². The van der Waals surface area contributed by atoms with Crippen LogP contribution in [-0.4, -0.2) is 6.43 Å². The molecule has 0 aliphatic heterocycles. The number of halogens is 4. The number of hydrogen-bond acceptors (Lipinski definition) is 2. The van der Waals surface area contributed by atoms with Crippen LogP contribution in [0.4, 0.5) is 8.78 Å². The summed E-state index contributed by atoms with van der Waals surface area (Å²) in [4.78, 5) is 0.810. The van der Waals surface area contributed by atoms with Crippen LogP contribution in [0.25, 0.3) is 0 Å². The minimum Gasteiger partial charge on any atom is -0.323 e. The Morgan fingerprint density at radius 2 is 2.14 bits per heavy atom. The van der Waals surface area contributed by atoms with E-state index in [9.17, 15) is 8.78 Å². The van der Waals surface area contributed by atoms with Crippen LogP contribution >= 0.6 is 39.7 Å². The highest BCUT2D eigenvalue weighted by Crippen LogP contribution is 2.32. The van der Waals surface area contributed by atoms with E-state index in [1.54, 1.807) is 0 Å². The second-order valence-corrected chi connectivity index (χ2v) is 5.24. The van der Waals surface area contributed by atoms with Crippen LogP contribution in [0.3, 0.4) is 0 Å². The monoisotopic (exact) mass is 305 g/mol. The molecule has 1 nitrogen and oxygen atoms in total. The number of thiophene rings is 1. The molecule has 0 spiro atoms. The fraction of sp³-hybridized carbons (Fsp3) is 0.500. The van der Waals surface area contributed by atoms with Crippen LogP contribution in [0.2, 0.25) is 0 Å². The molecule has 2 N–H and O–H groups in total. The molecule has 0 radical (unpaired) electrons. The quantitative estimate of drug-likeness (QED) is 0.900. The fourth-order valence-electron chi connectivity index (χ4n) is 0.974. The van der Waals surface area contributed by atoms with E-state index in [4.69, 9.17) is 5.73 Å². The standard InChI is InChI=1S/C8H10BrF2NS.ClH/c1-4-2-6(13-8(4)9)5(12)3-7(10)11;/h2,5,7H,3,12H2,1H3;1H/t5-;/m0./s1. The molecule has 1 aromatic rings. The molecule has 14 heavy (non-hydrogen) atoms. The third-order valence-electron chi connectivity index (χ3n) is 1.67. The van der Waals surface area contributed by atoms with E-state index in [0.717, 1.165) is 14.2 Å². The molecule has 1 aromatic heterocycles. The smallest absolute Gasteiger partial charge is 0.240 e. The van der Waals surface area contributed by atoms with Crippen LogP contribution in [0.1, 0.15) is 22.9 Å². The van der Waals surface area contributed by atoms with Gasteiger partial charge in [0.15, 0.2) is 0 Å². The van der Waals surface area contributed by atoms with Gasteiger partial charge in [0.1, 0.15) is 0 Å². The topological polar surface area (TPSA) is 26.0 Å². The lowest BCUT2D eigenvalue weighted by molar-refractivity contribution is 0.129. The molecule has 0 saturated carbocycles. The van der Waals surface area contributed by atoms with E-state index in [2.05, 4.69) is 15.9 Å². The van der Waals surface area contributed by atoms with Crippen LogP contribution in [-0.2, 0) is 0 Å². The zero-order valence-corrected chi connectivity index (χ0v) is 10.7. The second kappa shape index (κ2) is 6.00. The molecular formula is C8H11BrClF2NS. The lowest BCUT2D eigenvalue weighted by Gasteiger charge is -2.07. The second-order valence-electron chi connectivity index (χ2n) is 2.84. The predicted octanol–water partition coefficient (Wildman–Crippen LogP) is 3.90. The van der Waals surface area contributed by atoms with Crippen molar-refractivity contribution in [3.05, 3.63) is 20.3 Å². The molecule has 0 unspecified atom stereocenters. The maximum absolute atomic E-state index is 12.0. The summed E-state index contributed by atoms with van der Waals surface area (Å²) < 4.78 is 24.9. The van der Waals surface area contributed by atoms with E-state index in [1.807, 2.05) is 13.0 Å². The zero-order chi connectivity index (χ0) is 10.0. The third kappa shape index (κ3) is 3.81. The van der Waals surface area contributed by atoms with E-state index in [1.165, 1.54) is 11.3 Å². The third-order valence-corrected chi connectivity index (χ3v) is 3.94. The Morgan fingerprint density at radius 3 is 2.50 bits per heavy atom. The Kier molecular flexibility index (Phi) is 6.12. The summed E-state index contributed by atoms with van der Waals surface area (Å²) in [6.07, 6.45) is -2.61. The molecule has 82 valence electrons. The van der Waals surface area contributed by atoms with Crippen LogP contribution in [0.15, 0.2) is 9.85 Å². The van der Waals surface area contributed by atoms with Crippen molar-refractivity contribution < 1.29 is 8.78 Å². The van der Waals surface area contributed by atoms with Crippen molar-refractivity contribution in [3.63, 3.8) is 0 Å². The Bertz CT molecular complexity index is 273. The van der Waals surface area contributed by atoms with Crippen molar-refractivity contribution >= 4 is 39.7 Å². The fourth-order valence-corrected chi connectivity index (χ4v) is 2.56. The zero-order valence-electron chi connectivity index (χ0n) is 7.47. The minimum atomic E-state index is -2.34. The van der Waals surface area contributed by atoms with Gasteiger partial charge in [-0.1, -0.05) is 0 Å². The van der Waals surface area contributed by atoms with Crippen molar-refractivity contribution in [2.45, 2.75) is 25.8 Å². The molecule has 1 atom stereocenters. The van der Waals surface area contributed by atoms with Gasteiger partial charge in [-0.2, -0.15) is 0 Å². The first-order valence-electron chi connectivity index (χ1n) is 3.80.